The van der Waals surface area contributed by atoms with E-state index in [4.69, 9.17) is 19.0 Å². The summed E-state index contributed by atoms with van der Waals surface area (Å²) in [6, 6.07) is 2.02. The van der Waals surface area contributed by atoms with E-state index in [1.165, 1.54) is 6.26 Å². The number of anilines is 1. The summed E-state index contributed by atoms with van der Waals surface area (Å²) in [5, 5.41) is 4.57. The molecule has 1 saturated carbocycles. The molecule has 0 radical (unpaired) electrons. The Labute approximate surface area is 189 Å². The quantitative estimate of drug-likeness (QED) is 0.628. The third-order valence-corrected chi connectivity index (χ3v) is 9.57. The van der Waals surface area contributed by atoms with Crippen LogP contribution >= 0.6 is 0 Å². The highest BCUT2D eigenvalue weighted by molar-refractivity contribution is 7.91. The molecule has 174 valence electrons. The number of hydrogen-bond acceptors (Lipinski definition) is 8. The van der Waals surface area contributed by atoms with Crippen molar-refractivity contribution in [2.24, 2.45) is 0 Å². The molecule has 1 aliphatic carbocycles. The van der Waals surface area contributed by atoms with Gasteiger partial charge in [0, 0.05) is 24.3 Å². The van der Waals surface area contributed by atoms with Crippen molar-refractivity contribution in [1.82, 2.24) is 14.6 Å². The molecule has 0 unspecified atom stereocenters. The van der Waals surface area contributed by atoms with E-state index in [9.17, 15) is 8.42 Å². The molecule has 0 spiro atoms. The van der Waals surface area contributed by atoms with E-state index >= 15 is 0 Å². The number of sulfone groups is 1. The van der Waals surface area contributed by atoms with Gasteiger partial charge in [-0.1, -0.05) is 0 Å². The lowest BCUT2D eigenvalue weighted by Crippen LogP contribution is -2.44. The van der Waals surface area contributed by atoms with Crippen LogP contribution in [0.2, 0.25) is 0 Å². The molecule has 0 amide bonds. The summed E-state index contributed by atoms with van der Waals surface area (Å²) in [6.07, 6.45) is 4.16. The Balaban J connectivity index is 1.69. The van der Waals surface area contributed by atoms with Crippen molar-refractivity contribution in [2.45, 2.75) is 69.5 Å². The number of aromatic nitrogens is 3. The molecule has 3 fully saturated rings. The summed E-state index contributed by atoms with van der Waals surface area (Å²) in [6.45, 7) is 12.0. The Morgan fingerprint density at radius 3 is 2.38 bits per heavy atom. The molecule has 9 nitrogen and oxygen atoms in total. The van der Waals surface area contributed by atoms with Gasteiger partial charge < -0.3 is 18.9 Å². The van der Waals surface area contributed by atoms with Gasteiger partial charge in [-0.25, -0.2) is 17.9 Å². The number of nitrogens with zero attached hydrogens (tertiary/aromatic N) is 4. The molecule has 4 heterocycles. The average Bonchev–Trinajstić information content (AvgIpc) is 3.35. The van der Waals surface area contributed by atoms with Crippen LogP contribution in [0.3, 0.4) is 0 Å². The third-order valence-electron chi connectivity index (χ3n) is 7.54. The van der Waals surface area contributed by atoms with Gasteiger partial charge in [0.15, 0.2) is 15.5 Å². The van der Waals surface area contributed by atoms with Gasteiger partial charge in [0.05, 0.1) is 42.3 Å². The molecule has 2 aliphatic heterocycles. The maximum Gasteiger partial charge on any atom is 0.500 e. The average molecular weight is 462 g/mol. The predicted octanol–water partition coefficient (Wildman–Crippen LogP) is 1.29. The summed E-state index contributed by atoms with van der Waals surface area (Å²) in [4.78, 5) is 7.12. The molecule has 0 bridgehead atoms. The standard InChI is InChI=1S/C21H31BN4O5S/c1-14-13-29-10-9-25(14)17-11-16(21(7-8-21)32(6,27)28)26-18(24-17)15(12-23-26)22-30-19(2,3)20(4,5)31-22/h11-12,14H,7-10,13H2,1-6H3/t14-/m1/s1. The Morgan fingerprint density at radius 2 is 1.81 bits per heavy atom. The maximum atomic E-state index is 12.8. The summed E-state index contributed by atoms with van der Waals surface area (Å²) in [5.74, 6) is 0.733. The van der Waals surface area contributed by atoms with Crippen LogP contribution < -0.4 is 10.4 Å². The van der Waals surface area contributed by atoms with Gasteiger partial charge in [0.1, 0.15) is 10.6 Å². The first-order chi connectivity index (χ1) is 14.9. The molecule has 11 heteroatoms. The van der Waals surface area contributed by atoms with Crippen molar-refractivity contribution in [3.63, 3.8) is 0 Å². The van der Waals surface area contributed by atoms with Crippen molar-refractivity contribution in [2.75, 3.05) is 30.9 Å². The highest BCUT2D eigenvalue weighted by Gasteiger charge is 2.57. The number of fused-ring (bicyclic) bond motifs is 1. The summed E-state index contributed by atoms with van der Waals surface area (Å²) >= 11 is 0. The Kier molecular flexibility index (Phi) is 4.78. The summed E-state index contributed by atoms with van der Waals surface area (Å²) in [5.41, 5.74) is 0.925. The normalized spacial score (nSPS) is 26.6. The van der Waals surface area contributed by atoms with Crippen LogP contribution in [0.5, 0.6) is 0 Å². The van der Waals surface area contributed by atoms with Crippen LogP contribution in [0.15, 0.2) is 12.3 Å². The zero-order chi connectivity index (χ0) is 23.1. The molecular formula is C21H31BN4O5S. The predicted molar refractivity (Wildman–Crippen MR) is 122 cm³/mol. The lowest BCUT2D eigenvalue weighted by Gasteiger charge is -2.34. The second-order valence-electron chi connectivity index (χ2n) is 10.3. The number of rotatable bonds is 4. The largest absolute Gasteiger partial charge is 0.500 e. The van der Waals surface area contributed by atoms with Crippen LogP contribution in [0.1, 0.15) is 53.2 Å². The SMILES string of the molecule is C[C@@H]1COCCN1c1cc(C2(S(C)(=O)=O)CC2)n2ncc(B3OC(C)(C)C(C)(C)O3)c2n1. The minimum absolute atomic E-state index is 0.128. The van der Waals surface area contributed by atoms with Gasteiger partial charge >= 0.3 is 7.12 Å². The molecule has 1 atom stereocenters. The van der Waals surface area contributed by atoms with Crippen LogP contribution in [-0.2, 0) is 28.6 Å². The van der Waals surface area contributed by atoms with Gasteiger partial charge in [0.25, 0.3) is 0 Å². The van der Waals surface area contributed by atoms with E-state index in [1.807, 2.05) is 33.8 Å². The lowest BCUT2D eigenvalue weighted by molar-refractivity contribution is 0.00578. The van der Waals surface area contributed by atoms with E-state index in [-0.39, 0.29) is 6.04 Å². The zero-order valence-corrected chi connectivity index (χ0v) is 20.4. The minimum Gasteiger partial charge on any atom is -0.399 e. The van der Waals surface area contributed by atoms with Gasteiger partial charge in [-0.15, -0.1) is 0 Å². The maximum absolute atomic E-state index is 12.8. The fraction of sp³-hybridized carbons (Fsp3) is 0.714. The molecule has 2 aromatic heterocycles. The van der Waals surface area contributed by atoms with Gasteiger partial charge in [0.2, 0.25) is 0 Å². The molecular weight excluding hydrogens is 431 g/mol. The van der Waals surface area contributed by atoms with E-state index in [0.29, 0.717) is 49.4 Å². The zero-order valence-electron chi connectivity index (χ0n) is 19.6. The first-order valence-electron chi connectivity index (χ1n) is 11.2. The minimum atomic E-state index is -3.34. The fourth-order valence-corrected chi connectivity index (χ4v) is 5.94. The van der Waals surface area contributed by atoms with Crippen LogP contribution in [0, 0.1) is 0 Å². The monoisotopic (exact) mass is 462 g/mol. The van der Waals surface area contributed by atoms with E-state index in [2.05, 4.69) is 16.9 Å². The van der Waals surface area contributed by atoms with E-state index < -0.39 is 32.9 Å². The first-order valence-corrected chi connectivity index (χ1v) is 13.0. The van der Waals surface area contributed by atoms with Crippen LogP contribution in [-0.4, -0.2) is 73.4 Å². The van der Waals surface area contributed by atoms with Crippen molar-refractivity contribution < 1.29 is 22.5 Å². The number of ether oxygens (including phenoxy) is 1. The van der Waals surface area contributed by atoms with Crippen molar-refractivity contribution in [3.8, 4) is 0 Å². The van der Waals surface area contributed by atoms with Crippen molar-refractivity contribution >= 4 is 33.9 Å². The van der Waals surface area contributed by atoms with Crippen LogP contribution in [0.4, 0.5) is 5.82 Å². The van der Waals surface area contributed by atoms with Crippen molar-refractivity contribution in [1.29, 1.82) is 0 Å². The Hall–Kier alpha value is -1.69. The second kappa shape index (κ2) is 6.91. The summed E-state index contributed by atoms with van der Waals surface area (Å²) < 4.78 is 44.5. The second-order valence-corrected chi connectivity index (χ2v) is 12.6. The molecule has 5 rings (SSSR count). The third kappa shape index (κ3) is 3.20. The number of hydrogen-bond donors (Lipinski definition) is 0. The molecule has 0 N–H and O–H groups in total. The first kappa shape index (κ1) is 22.1. The van der Waals surface area contributed by atoms with Gasteiger partial charge in [-0.05, 0) is 47.5 Å². The fourth-order valence-electron chi connectivity index (χ4n) is 4.57. The highest BCUT2D eigenvalue weighted by Crippen LogP contribution is 2.52. The summed E-state index contributed by atoms with van der Waals surface area (Å²) in [7, 11) is -3.97. The molecule has 3 aliphatic rings. The Morgan fingerprint density at radius 1 is 1.16 bits per heavy atom. The number of morpholine rings is 1. The molecule has 32 heavy (non-hydrogen) atoms. The molecule has 2 saturated heterocycles. The highest BCUT2D eigenvalue weighted by atomic mass is 32.2. The molecule has 2 aromatic rings. The lowest BCUT2D eigenvalue weighted by atomic mass is 9.81. The van der Waals surface area contributed by atoms with Crippen LogP contribution in [0.25, 0.3) is 5.65 Å². The van der Waals surface area contributed by atoms with Crippen molar-refractivity contribution in [3.05, 3.63) is 18.0 Å². The van der Waals surface area contributed by atoms with Gasteiger partial charge in [-0.3, -0.25) is 0 Å². The Bertz CT molecular complexity index is 1160. The van der Waals surface area contributed by atoms with E-state index in [1.54, 1.807) is 10.7 Å². The molecule has 0 aromatic carbocycles. The van der Waals surface area contributed by atoms with Gasteiger partial charge in [-0.2, -0.15) is 5.10 Å². The topological polar surface area (TPSA) is 95.3 Å². The smallest absolute Gasteiger partial charge is 0.399 e. The van der Waals surface area contributed by atoms with E-state index in [0.717, 1.165) is 5.82 Å².